The van der Waals surface area contributed by atoms with Crippen LogP contribution in [0.3, 0.4) is 0 Å². The van der Waals surface area contributed by atoms with E-state index in [9.17, 15) is 0 Å². The monoisotopic (exact) mass is 256 g/mol. The van der Waals surface area contributed by atoms with E-state index in [0.717, 1.165) is 5.69 Å². The van der Waals surface area contributed by atoms with E-state index in [2.05, 4.69) is 57.8 Å². The van der Waals surface area contributed by atoms with E-state index in [1.165, 1.54) is 16.3 Å². The second kappa shape index (κ2) is 4.27. The first-order chi connectivity index (χ1) is 8.70. The van der Waals surface area contributed by atoms with Crippen molar-refractivity contribution in [2.45, 2.75) is 6.92 Å². The third kappa shape index (κ3) is 2.12. The van der Waals surface area contributed by atoms with Gasteiger partial charge in [-0.1, -0.05) is 29.8 Å². The average molecular weight is 256 g/mol. The summed E-state index contributed by atoms with van der Waals surface area (Å²) in [5.41, 5.74) is 2.24. The number of fused-ring (bicyclic) bond motifs is 1. The Labute approximate surface area is 109 Å². The van der Waals surface area contributed by atoms with Crippen molar-refractivity contribution in [3.05, 3.63) is 46.7 Å². The zero-order valence-electron chi connectivity index (χ0n) is 9.82. The Bertz CT molecular complexity index is 757. The van der Waals surface area contributed by atoms with Gasteiger partial charge in [-0.3, -0.25) is 0 Å². The first-order valence-electron chi connectivity index (χ1n) is 5.63. The number of benzene rings is 2. The summed E-state index contributed by atoms with van der Waals surface area (Å²) in [5, 5.41) is 12.3. The molecular weight excluding hydrogens is 244 g/mol. The maximum atomic E-state index is 4.93. The molecule has 2 aromatic carbocycles. The van der Waals surface area contributed by atoms with Crippen LogP contribution in [0.1, 0.15) is 5.56 Å². The summed E-state index contributed by atoms with van der Waals surface area (Å²) in [6, 6.07) is 12.6. The Balaban J connectivity index is 1.98. The van der Waals surface area contributed by atoms with Crippen LogP contribution in [0.15, 0.2) is 36.4 Å². The van der Waals surface area contributed by atoms with Crippen molar-refractivity contribution in [2.24, 2.45) is 0 Å². The Hall–Kier alpha value is -2.14. The molecule has 3 N–H and O–H groups in total. The van der Waals surface area contributed by atoms with Crippen molar-refractivity contribution >= 4 is 34.6 Å². The molecule has 5 heteroatoms. The van der Waals surface area contributed by atoms with Gasteiger partial charge in [0.25, 0.3) is 0 Å². The molecule has 0 aliphatic rings. The van der Waals surface area contributed by atoms with Gasteiger partial charge < -0.3 is 10.3 Å². The van der Waals surface area contributed by atoms with Crippen molar-refractivity contribution in [3.63, 3.8) is 0 Å². The molecule has 3 rings (SSSR count). The molecule has 1 aromatic heterocycles. The number of hydrogen-bond donors (Lipinski definition) is 3. The van der Waals surface area contributed by atoms with Gasteiger partial charge in [0.1, 0.15) is 0 Å². The second-order valence-corrected chi connectivity index (χ2v) is 4.62. The minimum atomic E-state index is 0.508. The van der Waals surface area contributed by atoms with Gasteiger partial charge in [-0.2, -0.15) is 0 Å². The number of aromatic amines is 2. The van der Waals surface area contributed by atoms with E-state index in [-0.39, 0.29) is 0 Å². The summed E-state index contributed by atoms with van der Waals surface area (Å²) in [5.74, 6) is 0.617. The van der Waals surface area contributed by atoms with E-state index in [1.807, 2.05) is 6.07 Å². The zero-order chi connectivity index (χ0) is 12.5. The maximum absolute atomic E-state index is 4.93. The number of anilines is 2. The van der Waals surface area contributed by atoms with Crippen LogP contribution in [0, 0.1) is 11.7 Å². The lowest BCUT2D eigenvalue weighted by Crippen LogP contribution is -1.92. The Morgan fingerprint density at radius 3 is 2.67 bits per heavy atom. The molecule has 0 atom stereocenters. The Kier molecular flexibility index (Phi) is 2.60. The number of nitrogens with one attached hydrogen (secondary N) is 3. The summed E-state index contributed by atoms with van der Waals surface area (Å²) >= 11 is 4.93. The predicted molar refractivity (Wildman–Crippen MR) is 75.7 cm³/mol. The topological polar surface area (TPSA) is 56.5 Å². The largest absolute Gasteiger partial charge is 0.324 e. The van der Waals surface area contributed by atoms with Crippen LogP contribution < -0.4 is 5.32 Å². The van der Waals surface area contributed by atoms with Gasteiger partial charge in [-0.05, 0) is 42.0 Å². The molecule has 0 bridgehead atoms. The fraction of sp³-hybridized carbons (Fsp3) is 0.0769. The highest BCUT2D eigenvalue weighted by Gasteiger charge is 1.99. The number of aryl methyl sites for hydroxylation is 1. The van der Waals surface area contributed by atoms with Crippen LogP contribution in [-0.4, -0.2) is 15.2 Å². The van der Waals surface area contributed by atoms with E-state index >= 15 is 0 Å². The highest BCUT2D eigenvalue weighted by molar-refractivity contribution is 7.71. The zero-order valence-corrected chi connectivity index (χ0v) is 10.6. The van der Waals surface area contributed by atoms with Crippen molar-refractivity contribution in [1.29, 1.82) is 0 Å². The molecule has 0 radical (unpaired) electrons. The molecule has 3 aromatic rings. The molecule has 0 amide bonds. The molecule has 90 valence electrons. The quantitative estimate of drug-likeness (QED) is 0.613. The highest BCUT2D eigenvalue weighted by Crippen LogP contribution is 2.21. The van der Waals surface area contributed by atoms with Crippen LogP contribution in [-0.2, 0) is 0 Å². The molecule has 0 fully saturated rings. The molecule has 0 aliphatic carbocycles. The van der Waals surface area contributed by atoms with E-state index < -0.39 is 0 Å². The minimum Gasteiger partial charge on any atom is -0.324 e. The summed E-state index contributed by atoms with van der Waals surface area (Å²) in [6.45, 7) is 2.09. The smallest absolute Gasteiger partial charge is 0.224 e. The third-order valence-corrected chi connectivity index (χ3v) is 2.95. The molecule has 1 heterocycles. The van der Waals surface area contributed by atoms with Gasteiger partial charge in [0, 0.05) is 5.69 Å². The normalized spacial score (nSPS) is 10.7. The lowest BCUT2D eigenvalue weighted by Gasteiger charge is -2.05. The van der Waals surface area contributed by atoms with Crippen molar-refractivity contribution in [3.8, 4) is 0 Å². The Morgan fingerprint density at radius 1 is 1.11 bits per heavy atom. The number of rotatable bonds is 2. The second-order valence-electron chi connectivity index (χ2n) is 4.22. The predicted octanol–water partition coefficient (Wildman–Crippen LogP) is 3.67. The third-order valence-electron chi connectivity index (χ3n) is 2.76. The number of hydrogen-bond acceptors (Lipinski definition) is 3. The maximum Gasteiger partial charge on any atom is 0.224 e. The summed E-state index contributed by atoms with van der Waals surface area (Å²) in [4.78, 5) is 2.92. The van der Waals surface area contributed by atoms with Gasteiger partial charge in [0.05, 0.1) is 0 Å². The SMILES string of the molecule is Cc1ccc2cc(Nc3n[nH]c(=S)[nH]3)ccc2c1. The number of nitrogens with zero attached hydrogens (tertiary/aromatic N) is 1. The van der Waals surface area contributed by atoms with Crippen LogP contribution in [0.2, 0.25) is 0 Å². The summed E-state index contributed by atoms with van der Waals surface area (Å²) < 4.78 is 0.508. The molecular formula is C13H12N4S. The molecule has 18 heavy (non-hydrogen) atoms. The van der Waals surface area contributed by atoms with E-state index in [4.69, 9.17) is 12.2 Å². The van der Waals surface area contributed by atoms with Crippen LogP contribution in [0.5, 0.6) is 0 Å². The molecule has 0 unspecified atom stereocenters. The minimum absolute atomic E-state index is 0.508. The molecule has 0 saturated heterocycles. The first-order valence-corrected chi connectivity index (χ1v) is 6.04. The van der Waals surface area contributed by atoms with Crippen LogP contribution in [0.4, 0.5) is 11.6 Å². The number of H-pyrrole nitrogens is 2. The average Bonchev–Trinajstić information content (AvgIpc) is 2.75. The highest BCUT2D eigenvalue weighted by atomic mass is 32.1. The van der Waals surface area contributed by atoms with Crippen LogP contribution in [0.25, 0.3) is 10.8 Å². The lowest BCUT2D eigenvalue weighted by molar-refractivity contribution is 1.08. The van der Waals surface area contributed by atoms with Crippen LogP contribution >= 0.6 is 12.2 Å². The van der Waals surface area contributed by atoms with Crippen molar-refractivity contribution < 1.29 is 0 Å². The van der Waals surface area contributed by atoms with Gasteiger partial charge in [-0.25, -0.2) is 5.10 Å². The molecule has 0 saturated carbocycles. The van der Waals surface area contributed by atoms with Crippen molar-refractivity contribution in [2.75, 3.05) is 5.32 Å². The van der Waals surface area contributed by atoms with E-state index in [1.54, 1.807) is 0 Å². The fourth-order valence-corrected chi connectivity index (χ4v) is 2.05. The van der Waals surface area contributed by atoms with Gasteiger partial charge >= 0.3 is 0 Å². The standard InChI is InChI=1S/C13H12N4S/c1-8-2-3-10-7-11(5-4-9(10)6-8)14-12-15-13(18)17-16-12/h2-7H,1H3,(H3,14,15,16,17,18). The van der Waals surface area contributed by atoms with Gasteiger partial charge in [-0.15, -0.1) is 5.10 Å². The lowest BCUT2D eigenvalue weighted by atomic mass is 10.1. The van der Waals surface area contributed by atoms with Gasteiger partial charge in [0.2, 0.25) is 5.95 Å². The first kappa shape index (κ1) is 11.0. The fourth-order valence-electron chi connectivity index (χ4n) is 1.91. The Morgan fingerprint density at radius 2 is 1.89 bits per heavy atom. The summed E-state index contributed by atoms with van der Waals surface area (Å²) in [7, 11) is 0. The molecule has 0 spiro atoms. The molecule has 4 nitrogen and oxygen atoms in total. The molecule has 0 aliphatic heterocycles. The van der Waals surface area contributed by atoms with E-state index in [0.29, 0.717) is 10.7 Å². The van der Waals surface area contributed by atoms with Gasteiger partial charge in [0.15, 0.2) is 4.77 Å². The number of aromatic nitrogens is 3. The summed E-state index contributed by atoms with van der Waals surface area (Å²) in [6.07, 6.45) is 0. The van der Waals surface area contributed by atoms with Crippen molar-refractivity contribution in [1.82, 2.24) is 15.2 Å².